The molecule has 2 atom stereocenters. The van der Waals surface area contributed by atoms with Crippen molar-refractivity contribution >= 4 is 11.9 Å². The minimum Gasteiger partial charge on any atom is -0.490 e. The van der Waals surface area contributed by atoms with Crippen molar-refractivity contribution in [2.75, 3.05) is 13.2 Å². The number of fused-ring (bicyclic) bond motifs is 1. The summed E-state index contributed by atoms with van der Waals surface area (Å²) in [6.07, 6.45) is 1.28. The number of hydrogen-bond donors (Lipinski definition) is 2. The van der Waals surface area contributed by atoms with Crippen LogP contribution in [-0.2, 0) is 16.1 Å². The van der Waals surface area contributed by atoms with E-state index in [1.165, 1.54) is 0 Å². The molecule has 2 N–H and O–H groups in total. The van der Waals surface area contributed by atoms with Gasteiger partial charge in [0.1, 0.15) is 0 Å². The van der Waals surface area contributed by atoms with Crippen molar-refractivity contribution in [1.82, 2.24) is 5.32 Å². The molecule has 0 bridgehead atoms. The Morgan fingerprint density at radius 2 is 1.95 bits per heavy atom. The molecule has 0 saturated heterocycles. The third-order valence-corrected chi connectivity index (χ3v) is 3.72. The van der Waals surface area contributed by atoms with Crippen molar-refractivity contribution in [2.45, 2.75) is 19.4 Å². The summed E-state index contributed by atoms with van der Waals surface area (Å²) in [6.45, 7) is 1.62. The summed E-state index contributed by atoms with van der Waals surface area (Å²) in [5.41, 5.74) is 0.903. The lowest BCUT2D eigenvalue weighted by atomic mass is 10.2. The zero-order chi connectivity index (χ0) is 14.8. The number of ether oxygens (including phenoxy) is 2. The van der Waals surface area contributed by atoms with E-state index in [1.807, 2.05) is 18.2 Å². The Bertz CT molecular complexity index is 571. The van der Waals surface area contributed by atoms with Gasteiger partial charge in [0.15, 0.2) is 11.5 Å². The molecule has 1 fully saturated rings. The highest BCUT2D eigenvalue weighted by Crippen LogP contribution is 2.38. The van der Waals surface area contributed by atoms with Crippen LogP contribution in [-0.4, -0.2) is 30.2 Å². The van der Waals surface area contributed by atoms with E-state index in [2.05, 4.69) is 5.32 Å². The normalized spacial score (nSPS) is 23.0. The smallest absolute Gasteiger partial charge is 0.307 e. The quantitative estimate of drug-likeness (QED) is 0.870. The topological polar surface area (TPSA) is 84.9 Å². The third-order valence-electron chi connectivity index (χ3n) is 3.72. The minimum atomic E-state index is -0.897. The average Bonchev–Trinajstić information content (AvgIpc) is 3.27. The molecule has 21 heavy (non-hydrogen) atoms. The lowest BCUT2D eigenvalue weighted by molar-refractivity contribution is -0.140. The molecular weight excluding hydrogens is 274 g/mol. The van der Waals surface area contributed by atoms with Gasteiger partial charge in [0.25, 0.3) is 0 Å². The summed E-state index contributed by atoms with van der Waals surface area (Å²) in [5, 5.41) is 11.6. The molecule has 3 rings (SSSR count). The molecule has 1 aromatic carbocycles. The fraction of sp³-hybridized carbons (Fsp3) is 0.467. The molecule has 1 aliphatic carbocycles. The van der Waals surface area contributed by atoms with Crippen LogP contribution >= 0.6 is 0 Å². The Morgan fingerprint density at radius 3 is 2.67 bits per heavy atom. The molecule has 1 amide bonds. The van der Waals surface area contributed by atoms with Gasteiger partial charge in [-0.15, -0.1) is 0 Å². The second-order valence-electron chi connectivity index (χ2n) is 5.34. The maximum absolute atomic E-state index is 11.8. The van der Waals surface area contributed by atoms with Crippen LogP contribution in [0.1, 0.15) is 18.4 Å². The van der Waals surface area contributed by atoms with E-state index in [0.717, 1.165) is 17.7 Å². The first kappa shape index (κ1) is 13.7. The van der Waals surface area contributed by atoms with E-state index in [-0.39, 0.29) is 11.8 Å². The first-order chi connectivity index (χ1) is 10.1. The van der Waals surface area contributed by atoms with Crippen molar-refractivity contribution in [1.29, 1.82) is 0 Å². The molecule has 1 aromatic rings. The van der Waals surface area contributed by atoms with Crippen LogP contribution in [0, 0.1) is 11.8 Å². The largest absolute Gasteiger partial charge is 0.490 e. The zero-order valence-corrected chi connectivity index (χ0v) is 11.5. The number of nitrogens with one attached hydrogen (secondary N) is 1. The summed E-state index contributed by atoms with van der Waals surface area (Å²) >= 11 is 0. The molecule has 1 aliphatic heterocycles. The molecule has 0 aromatic heterocycles. The van der Waals surface area contributed by atoms with Crippen LogP contribution < -0.4 is 14.8 Å². The molecule has 1 heterocycles. The van der Waals surface area contributed by atoms with Crippen LogP contribution in [0.3, 0.4) is 0 Å². The first-order valence-corrected chi connectivity index (χ1v) is 7.04. The Labute approximate surface area is 122 Å². The molecule has 112 valence electrons. The SMILES string of the molecule is O=C(O)C1CC1C(=O)NCc1ccc2c(c1)OCCCO2. The van der Waals surface area contributed by atoms with Gasteiger partial charge in [0.2, 0.25) is 5.91 Å². The fourth-order valence-corrected chi connectivity index (χ4v) is 2.40. The predicted molar refractivity (Wildman–Crippen MR) is 73.1 cm³/mol. The van der Waals surface area contributed by atoms with Gasteiger partial charge >= 0.3 is 5.97 Å². The van der Waals surface area contributed by atoms with Gasteiger partial charge in [-0.05, 0) is 24.1 Å². The summed E-state index contributed by atoms with van der Waals surface area (Å²) in [7, 11) is 0. The summed E-state index contributed by atoms with van der Waals surface area (Å²) in [4.78, 5) is 22.5. The molecule has 2 aliphatic rings. The molecule has 6 nitrogen and oxygen atoms in total. The molecule has 1 saturated carbocycles. The lowest BCUT2D eigenvalue weighted by Crippen LogP contribution is -2.25. The van der Waals surface area contributed by atoms with E-state index in [4.69, 9.17) is 14.6 Å². The van der Waals surface area contributed by atoms with E-state index >= 15 is 0 Å². The molecule has 2 unspecified atom stereocenters. The fourth-order valence-electron chi connectivity index (χ4n) is 2.40. The van der Waals surface area contributed by atoms with Gasteiger partial charge in [-0.25, -0.2) is 0 Å². The zero-order valence-electron chi connectivity index (χ0n) is 11.5. The maximum Gasteiger partial charge on any atom is 0.307 e. The van der Waals surface area contributed by atoms with Gasteiger partial charge in [-0.3, -0.25) is 9.59 Å². The van der Waals surface area contributed by atoms with Crippen molar-refractivity contribution in [3.8, 4) is 11.5 Å². The summed E-state index contributed by atoms with van der Waals surface area (Å²) < 4.78 is 11.1. The predicted octanol–water partition coefficient (Wildman–Crippen LogP) is 1.18. The molecule has 0 radical (unpaired) electrons. The average molecular weight is 291 g/mol. The summed E-state index contributed by atoms with van der Waals surface area (Å²) in [5.74, 6) is -0.596. The standard InChI is InChI=1S/C15H17NO5/c17-14(10-7-11(10)15(18)19)16-8-9-2-3-12-13(6-9)21-5-1-4-20-12/h2-3,6,10-11H,1,4-5,7-8H2,(H,16,17)(H,18,19). The summed E-state index contributed by atoms with van der Waals surface area (Å²) in [6, 6.07) is 5.55. The Balaban J connectivity index is 1.57. The highest BCUT2D eigenvalue weighted by molar-refractivity contribution is 5.89. The monoisotopic (exact) mass is 291 g/mol. The number of carboxylic acid groups (broad SMARTS) is 1. The molecular formula is C15H17NO5. The second-order valence-corrected chi connectivity index (χ2v) is 5.34. The first-order valence-electron chi connectivity index (χ1n) is 7.04. The Hall–Kier alpha value is -2.24. The number of benzene rings is 1. The number of hydrogen-bond acceptors (Lipinski definition) is 4. The van der Waals surface area contributed by atoms with E-state index in [1.54, 1.807) is 0 Å². The third kappa shape index (κ3) is 3.09. The van der Waals surface area contributed by atoms with E-state index < -0.39 is 11.9 Å². The lowest BCUT2D eigenvalue weighted by Gasteiger charge is -2.10. The van der Waals surface area contributed by atoms with Gasteiger partial charge in [0.05, 0.1) is 25.0 Å². The number of amides is 1. The van der Waals surface area contributed by atoms with Crippen molar-refractivity contribution in [3.05, 3.63) is 23.8 Å². The van der Waals surface area contributed by atoms with Gasteiger partial charge < -0.3 is 19.9 Å². The van der Waals surface area contributed by atoms with Crippen LogP contribution in [0.25, 0.3) is 0 Å². The van der Waals surface area contributed by atoms with Crippen molar-refractivity contribution in [3.63, 3.8) is 0 Å². The van der Waals surface area contributed by atoms with Gasteiger partial charge in [0, 0.05) is 13.0 Å². The van der Waals surface area contributed by atoms with Crippen LogP contribution in [0.4, 0.5) is 0 Å². The van der Waals surface area contributed by atoms with E-state index in [0.29, 0.717) is 31.9 Å². The minimum absolute atomic E-state index is 0.200. The van der Waals surface area contributed by atoms with Crippen LogP contribution in [0.2, 0.25) is 0 Å². The second kappa shape index (κ2) is 5.63. The number of carbonyl (C=O) groups excluding carboxylic acids is 1. The Morgan fingerprint density at radius 1 is 1.19 bits per heavy atom. The van der Waals surface area contributed by atoms with Crippen LogP contribution in [0.5, 0.6) is 11.5 Å². The maximum atomic E-state index is 11.8. The van der Waals surface area contributed by atoms with Gasteiger partial charge in [-0.2, -0.15) is 0 Å². The number of carbonyl (C=O) groups is 2. The number of carboxylic acids is 1. The van der Waals surface area contributed by atoms with Crippen LogP contribution in [0.15, 0.2) is 18.2 Å². The number of aliphatic carboxylic acids is 1. The highest BCUT2D eigenvalue weighted by atomic mass is 16.5. The highest BCUT2D eigenvalue weighted by Gasteiger charge is 2.48. The molecule has 6 heteroatoms. The molecule has 0 spiro atoms. The number of rotatable bonds is 4. The Kier molecular flexibility index (Phi) is 3.68. The van der Waals surface area contributed by atoms with E-state index in [9.17, 15) is 9.59 Å². The van der Waals surface area contributed by atoms with Crippen molar-refractivity contribution < 1.29 is 24.2 Å². The van der Waals surface area contributed by atoms with Gasteiger partial charge in [-0.1, -0.05) is 6.07 Å². The van der Waals surface area contributed by atoms with Crippen molar-refractivity contribution in [2.24, 2.45) is 11.8 Å².